The maximum atomic E-state index is 5.92. The molecule has 21 heavy (non-hydrogen) atoms. The highest BCUT2D eigenvalue weighted by molar-refractivity contribution is 6.30. The molecule has 0 bridgehead atoms. The van der Waals surface area contributed by atoms with Gasteiger partial charge >= 0.3 is 0 Å². The van der Waals surface area contributed by atoms with Gasteiger partial charge in [0, 0.05) is 17.1 Å². The van der Waals surface area contributed by atoms with E-state index in [9.17, 15) is 0 Å². The summed E-state index contributed by atoms with van der Waals surface area (Å²) in [6, 6.07) is 9.49. The molecule has 1 fully saturated rings. The molecule has 1 N–H and O–H groups in total. The number of benzene rings is 1. The molecule has 0 aliphatic carbocycles. The second kappa shape index (κ2) is 8.77. The van der Waals surface area contributed by atoms with Crippen molar-refractivity contribution in [3.05, 3.63) is 34.9 Å². The molecule has 1 saturated heterocycles. The zero-order chi connectivity index (χ0) is 15.1. The van der Waals surface area contributed by atoms with E-state index in [-0.39, 0.29) is 0 Å². The number of nitrogens with zero attached hydrogens (tertiary/aromatic N) is 1. The van der Waals surface area contributed by atoms with E-state index in [4.69, 9.17) is 11.6 Å². The minimum absolute atomic E-state index is 0.518. The third-order valence-corrected chi connectivity index (χ3v) is 4.76. The van der Waals surface area contributed by atoms with E-state index < -0.39 is 0 Å². The summed E-state index contributed by atoms with van der Waals surface area (Å²) in [5.74, 6) is 0. The Morgan fingerprint density at radius 2 is 2.05 bits per heavy atom. The number of rotatable bonds is 7. The predicted octanol–water partition coefficient (Wildman–Crippen LogP) is 4.13. The van der Waals surface area contributed by atoms with Crippen LogP contribution >= 0.6 is 11.6 Å². The molecular formula is C18H29ClN2. The highest BCUT2D eigenvalue weighted by atomic mass is 35.5. The van der Waals surface area contributed by atoms with Gasteiger partial charge in [0.2, 0.25) is 0 Å². The quantitative estimate of drug-likeness (QED) is 0.762. The summed E-state index contributed by atoms with van der Waals surface area (Å²) in [5, 5.41) is 4.46. The van der Waals surface area contributed by atoms with Crippen LogP contribution in [-0.4, -0.2) is 36.6 Å². The molecule has 1 aromatic carbocycles. The van der Waals surface area contributed by atoms with Crippen molar-refractivity contribution in [1.29, 1.82) is 0 Å². The maximum absolute atomic E-state index is 5.92. The summed E-state index contributed by atoms with van der Waals surface area (Å²) >= 11 is 5.92. The molecule has 1 aromatic rings. The second-order valence-electron chi connectivity index (χ2n) is 6.42. The Labute approximate surface area is 134 Å². The van der Waals surface area contributed by atoms with Crippen molar-refractivity contribution in [2.24, 2.45) is 0 Å². The van der Waals surface area contributed by atoms with E-state index >= 15 is 0 Å². The first kappa shape index (κ1) is 16.8. The summed E-state index contributed by atoms with van der Waals surface area (Å²) in [4.78, 5) is 2.65. The highest BCUT2D eigenvalue weighted by Crippen LogP contribution is 2.16. The Bertz CT molecular complexity index is 404. The van der Waals surface area contributed by atoms with Gasteiger partial charge in [-0.3, -0.25) is 0 Å². The number of likely N-dealkylation sites (tertiary alicyclic amines) is 1. The summed E-state index contributed by atoms with van der Waals surface area (Å²) in [7, 11) is 0. The Morgan fingerprint density at radius 1 is 1.29 bits per heavy atom. The van der Waals surface area contributed by atoms with Gasteiger partial charge in [0.1, 0.15) is 0 Å². The van der Waals surface area contributed by atoms with Gasteiger partial charge in [0.25, 0.3) is 0 Å². The third-order valence-electron chi connectivity index (χ3n) is 4.51. The molecule has 118 valence electrons. The molecule has 1 aliphatic rings. The van der Waals surface area contributed by atoms with Crippen molar-refractivity contribution in [2.75, 3.05) is 19.6 Å². The fraction of sp³-hybridized carbons (Fsp3) is 0.667. The van der Waals surface area contributed by atoms with Crippen molar-refractivity contribution in [3.8, 4) is 0 Å². The van der Waals surface area contributed by atoms with Crippen molar-refractivity contribution >= 4 is 11.6 Å². The average Bonchev–Trinajstić information content (AvgIpc) is 2.48. The van der Waals surface area contributed by atoms with Gasteiger partial charge in [-0.2, -0.15) is 0 Å². The van der Waals surface area contributed by atoms with Crippen LogP contribution in [0, 0.1) is 0 Å². The summed E-state index contributed by atoms with van der Waals surface area (Å²) in [5.41, 5.74) is 1.35. The first-order valence-corrected chi connectivity index (χ1v) is 8.75. The van der Waals surface area contributed by atoms with E-state index in [1.54, 1.807) is 0 Å². The largest absolute Gasteiger partial charge is 0.314 e. The monoisotopic (exact) mass is 308 g/mol. The summed E-state index contributed by atoms with van der Waals surface area (Å²) in [6.45, 7) is 8.27. The smallest absolute Gasteiger partial charge is 0.0406 e. The Hall–Kier alpha value is -0.570. The molecule has 2 nitrogen and oxygen atoms in total. The lowest BCUT2D eigenvalue weighted by Crippen LogP contribution is -2.39. The molecule has 2 unspecified atom stereocenters. The fourth-order valence-electron chi connectivity index (χ4n) is 3.17. The second-order valence-corrected chi connectivity index (χ2v) is 6.86. The van der Waals surface area contributed by atoms with Crippen LogP contribution in [0.25, 0.3) is 0 Å². The summed E-state index contributed by atoms with van der Waals surface area (Å²) in [6.07, 6.45) is 6.48. The molecule has 1 heterocycles. The molecule has 1 aliphatic heterocycles. The average molecular weight is 309 g/mol. The van der Waals surface area contributed by atoms with Gasteiger partial charge in [0.05, 0.1) is 0 Å². The molecule has 3 heteroatoms. The highest BCUT2D eigenvalue weighted by Gasteiger charge is 2.17. The summed E-state index contributed by atoms with van der Waals surface area (Å²) < 4.78 is 0. The minimum Gasteiger partial charge on any atom is -0.314 e. The van der Waals surface area contributed by atoms with Gasteiger partial charge < -0.3 is 10.2 Å². The van der Waals surface area contributed by atoms with Crippen molar-refractivity contribution < 1.29 is 0 Å². The Balaban J connectivity index is 1.60. The number of halogens is 1. The minimum atomic E-state index is 0.518. The van der Waals surface area contributed by atoms with Crippen LogP contribution in [0.4, 0.5) is 0 Å². The first-order valence-electron chi connectivity index (χ1n) is 8.37. The lowest BCUT2D eigenvalue weighted by Gasteiger charge is -2.33. The van der Waals surface area contributed by atoms with Crippen molar-refractivity contribution in [1.82, 2.24) is 10.2 Å². The molecule has 2 atom stereocenters. The Morgan fingerprint density at radius 3 is 2.76 bits per heavy atom. The molecular weight excluding hydrogens is 280 g/mol. The van der Waals surface area contributed by atoms with Crippen molar-refractivity contribution in [3.63, 3.8) is 0 Å². The predicted molar refractivity (Wildman–Crippen MR) is 92.1 cm³/mol. The van der Waals surface area contributed by atoms with Gasteiger partial charge in [-0.1, -0.05) is 30.2 Å². The van der Waals surface area contributed by atoms with E-state index in [0.29, 0.717) is 6.04 Å². The van der Waals surface area contributed by atoms with Crippen LogP contribution < -0.4 is 5.32 Å². The Kier molecular flexibility index (Phi) is 7.01. The zero-order valence-corrected chi connectivity index (χ0v) is 14.2. The van der Waals surface area contributed by atoms with E-state index in [1.165, 1.54) is 44.3 Å². The van der Waals surface area contributed by atoms with E-state index in [2.05, 4.69) is 36.2 Å². The van der Waals surface area contributed by atoms with Crippen LogP contribution in [0.5, 0.6) is 0 Å². The van der Waals surface area contributed by atoms with Gasteiger partial charge in [-0.05, 0) is 76.9 Å². The lowest BCUT2D eigenvalue weighted by atomic mass is 10.0. The van der Waals surface area contributed by atoms with Gasteiger partial charge in [0.15, 0.2) is 0 Å². The number of piperidine rings is 1. The molecule has 0 aromatic heterocycles. The van der Waals surface area contributed by atoms with Gasteiger partial charge in [-0.15, -0.1) is 0 Å². The molecule has 0 saturated carbocycles. The van der Waals surface area contributed by atoms with Gasteiger partial charge in [-0.25, -0.2) is 0 Å². The fourth-order valence-corrected chi connectivity index (χ4v) is 3.29. The number of hydrogen-bond acceptors (Lipinski definition) is 2. The molecule has 0 spiro atoms. The van der Waals surface area contributed by atoms with E-state index in [1.807, 2.05) is 12.1 Å². The van der Waals surface area contributed by atoms with Crippen LogP contribution in [0.3, 0.4) is 0 Å². The van der Waals surface area contributed by atoms with E-state index in [0.717, 1.165) is 24.0 Å². The maximum Gasteiger partial charge on any atom is 0.0406 e. The van der Waals surface area contributed by atoms with Crippen molar-refractivity contribution in [2.45, 2.75) is 58.0 Å². The van der Waals surface area contributed by atoms with Crippen LogP contribution in [-0.2, 0) is 6.42 Å². The third kappa shape index (κ3) is 5.98. The van der Waals surface area contributed by atoms with Crippen LogP contribution in [0.1, 0.15) is 45.1 Å². The first-order chi connectivity index (χ1) is 10.1. The lowest BCUT2D eigenvalue weighted by molar-refractivity contribution is 0.158. The standard InChI is InChI=1S/C18H29ClN2/c1-15(14-17-7-9-18(19)10-8-17)20-11-5-13-21-12-4-3-6-16(21)2/h7-10,15-16,20H,3-6,11-14H2,1-2H3. The zero-order valence-electron chi connectivity index (χ0n) is 13.4. The molecule has 0 amide bonds. The molecule has 2 rings (SSSR count). The topological polar surface area (TPSA) is 15.3 Å². The van der Waals surface area contributed by atoms with Crippen LogP contribution in [0.2, 0.25) is 5.02 Å². The SMILES string of the molecule is CC(Cc1ccc(Cl)cc1)NCCCN1CCCCC1C. The number of hydrogen-bond donors (Lipinski definition) is 1. The normalized spacial score (nSPS) is 21.4. The molecule has 0 radical (unpaired) electrons. The van der Waals surface area contributed by atoms with Crippen LogP contribution in [0.15, 0.2) is 24.3 Å². The number of nitrogens with one attached hydrogen (secondary N) is 1.